The number of methoxy groups -OCH3 is 1. The van der Waals surface area contributed by atoms with E-state index in [1.54, 1.807) is 7.11 Å². The van der Waals surface area contributed by atoms with Crippen molar-refractivity contribution < 1.29 is 23.9 Å². The number of rotatable bonds is 5. The van der Waals surface area contributed by atoms with E-state index < -0.39 is 0 Å². The molecule has 0 amide bonds. The zero-order valence-electron chi connectivity index (χ0n) is 15.2. The minimum absolute atomic E-state index is 0.0689. The number of benzene rings is 2. The number of Topliss-reactive ketones (excluding diaryl/α,β-unsaturated/α-hetero) is 1. The van der Waals surface area contributed by atoms with E-state index in [0.717, 1.165) is 35.6 Å². The van der Waals surface area contributed by atoms with Crippen LogP contribution in [0.1, 0.15) is 29.2 Å². The van der Waals surface area contributed by atoms with E-state index in [0.29, 0.717) is 18.6 Å². The van der Waals surface area contributed by atoms with Crippen molar-refractivity contribution in [3.63, 3.8) is 0 Å². The van der Waals surface area contributed by atoms with Gasteiger partial charge in [0.15, 0.2) is 11.5 Å². The highest BCUT2D eigenvalue weighted by atomic mass is 16.7. The second-order valence-electron chi connectivity index (χ2n) is 7.02. The molecule has 0 spiro atoms. The lowest BCUT2D eigenvalue weighted by Gasteiger charge is -2.32. The van der Waals surface area contributed by atoms with Crippen LogP contribution in [0.15, 0.2) is 36.4 Å². The van der Waals surface area contributed by atoms with Gasteiger partial charge in [-0.2, -0.15) is 0 Å². The Kier molecular flexibility index (Phi) is 4.55. The summed E-state index contributed by atoms with van der Waals surface area (Å²) < 4.78 is 16.9. The van der Waals surface area contributed by atoms with E-state index in [1.165, 1.54) is 10.5 Å². The quantitative estimate of drug-likeness (QED) is 0.889. The summed E-state index contributed by atoms with van der Waals surface area (Å²) in [5.74, 6) is 2.38. The highest BCUT2D eigenvalue weighted by Gasteiger charge is 2.37. The van der Waals surface area contributed by atoms with Crippen LogP contribution in [0, 0.1) is 0 Å². The molecule has 2 aliphatic rings. The average molecular weight is 354 g/mol. The molecular formula is C21H24NO4+. The second kappa shape index (κ2) is 7.00. The first-order valence-electron chi connectivity index (χ1n) is 9.04. The van der Waals surface area contributed by atoms with Gasteiger partial charge in [0.05, 0.1) is 32.7 Å². The number of fused-ring (bicyclic) bond motifs is 2. The van der Waals surface area contributed by atoms with E-state index in [9.17, 15) is 4.79 Å². The maximum Gasteiger partial charge on any atom is 0.231 e. The van der Waals surface area contributed by atoms with Gasteiger partial charge in [-0.15, -0.1) is 0 Å². The summed E-state index contributed by atoms with van der Waals surface area (Å²) >= 11 is 0. The minimum atomic E-state index is 0.0689. The number of carbonyl (C=O) groups is 1. The van der Waals surface area contributed by atoms with E-state index >= 15 is 0 Å². The summed E-state index contributed by atoms with van der Waals surface area (Å²) in [7, 11) is 3.80. The number of ether oxygens (including phenoxy) is 3. The highest BCUT2D eigenvalue weighted by molar-refractivity contribution is 5.81. The number of carbonyl (C=O) groups excluding carboxylic acids is 1. The monoisotopic (exact) mass is 354 g/mol. The SMILES string of the molecule is COc1c2c(cc3c1[C@@H](CC(=O)Cc1ccccc1)[NH+](C)CC3)OCO2. The summed E-state index contributed by atoms with van der Waals surface area (Å²) in [6, 6.07) is 12.0. The van der Waals surface area contributed by atoms with Crippen molar-refractivity contribution in [2.24, 2.45) is 0 Å². The molecule has 2 aromatic carbocycles. The van der Waals surface area contributed by atoms with Crippen LogP contribution in [0.3, 0.4) is 0 Å². The standard InChI is InChI=1S/C21H23NO4/c1-22-9-8-15-11-18-20(26-13-25-18)21(24-2)19(15)17(22)12-16(23)10-14-6-4-3-5-7-14/h3-7,11,17H,8-10,12-13H2,1-2H3/p+1/t17-/m1/s1. The molecule has 2 aromatic rings. The molecule has 0 fully saturated rings. The first-order chi connectivity index (χ1) is 12.7. The zero-order chi connectivity index (χ0) is 18.1. The fraction of sp³-hybridized carbons (Fsp3) is 0.381. The third kappa shape index (κ3) is 3.03. The lowest BCUT2D eigenvalue weighted by molar-refractivity contribution is -0.914. The predicted molar refractivity (Wildman–Crippen MR) is 97.1 cm³/mol. The Balaban J connectivity index is 1.64. The smallest absolute Gasteiger partial charge is 0.231 e. The van der Waals surface area contributed by atoms with Crippen molar-refractivity contribution in [1.29, 1.82) is 0 Å². The molecule has 0 radical (unpaired) electrons. The zero-order valence-corrected chi connectivity index (χ0v) is 15.2. The van der Waals surface area contributed by atoms with Crippen LogP contribution in [0.5, 0.6) is 17.2 Å². The number of ketones is 1. The van der Waals surface area contributed by atoms with Gasteiger partial charge < -0.3 is 19.1 Å². The van der Waals surface area contributed by atoms with Crippen LogP contribution in [0.25, 0.3) is 0 Å². The van der Waals surface area contributed by atoms with Gasteiger partial charge >= 0.3 is 0 Å². The summed E-state index contributed by atoms with van der Waals surface area (Å²) in [5, 5.41) is 0. The number of hydrogen-bond acceptors (Lipinski definition) is 4. The van der Waals surface area contributed by atoms with Crippen molar-refractivity contribution in [2.45, 2.75) is 25.3 Å². The Morgan fingerprint density at radius 1 is 1.27 bits per heavy atom. The molecule has 0 saturated heterocycles. The summed E-state index contributed by atoms with van der Waals surface area (Å²) in [6.45, 7) is 1.20. The van der Waals surface area contributed by atoms with E-state index in [2.05, 4.69) is 13.1 Å². The largest absolute Gasteiger partial charge is 0.492 e. The van der Waals surface area contributed by atoms with Gasteiger partial charge in [0.2, 0.25) is 12.5 Å². The summed E-state index contributed by atoms with van der Waals surface area (Å²) in [6.07, 6.45) is 1.90. The van der Waals surface area contributed by atoms with Crippen molar-refractivity contribution >= 4 is 5.78 Å². The molecule has 1 unspecified atom stereocenters. The number of likely N-dealkylation sites (N-methyl/N-ethyl adjacent to an activating group) is 1. The number of hydrogen-bond donors (Lipinski definition) is 1. The fourth-order valence-electron chi connectivity index (χ4n) is 4.02. The Hall–Kier alpha value is -2.53. The molecule has 26 heavy (non-hydrogen) atoms. The third-order valence-corrected chi connectivity index (χ3v) is 5.36. The molecular weight excluding hydrogens is 330 g/mol. The van der Waals surface area contributed by atoms with Gasteiger partial charge in [-0.25, -0.2) is 0 Å². The van der Waals surface area contributed by atoms with Gasteiger partial charge in [-0.3, -0.25) is 4.79 Å². The van der Waals surface area contributed by atoms with Gasteiger partial charge in [-0.1, -0.05) is 30.3 Å². The van der Waals surface area contributed by atoms with Gasteiger partial charge in [0.25, 0.3) is 0 Å². The Morgan fingerprint density at radius 2 is 2.08 bits per heavy atom. The van der Waals surface area contributed by atoms with Crippen molar-refractivity contribution in [3.8, 4) is 17.2 Å². The molecule has 5 heteroatoms. The molecule has 1 N–H and O–H groups in total. The molecule has 0 aromatic heterocycles. The fourth-order valence-corrected chi connectivity index (χ4v) is 4.02. The summed E-state index contributed by atoms with van der Waals surface area (Å²) in [4.78, 5) is 14.1. The minimum Gasteiger partial charge on any atom is -0.492 e. The van der Waals surface area contributed by atoms with E-state index in [4.69, 9.17) is 14.2 Å². The van der Waals surface area contributed by atoms with Gasteiger partial charge in [0.1, 0.15) is 11.8 Å². The third-order valence-electron chi connectivity index (χ3n) is 5.36. The maximum absolute atomic E-state index is 12.8. The lowest BCUT2D eigenvalue weighted by atomic mass is 9.87. The van der Waals surface area contributed by atoms with Gasteiger partial charge in [0, 0.05) is 12.8 Å². The number of nitrogens with one attached hydrogen (secondary N) is 1. The van der Waals surface area contributed by atoms with Gasteiger partial charge in [-0.05, 0) is 17.2 Å². The lowest BCUT2D eigenvalue weighted by Crippen LogP contribution is -3.10. The number of quaternary nitrogens is 1. The van der Waals surface area contributed by atoms with Crippen LogP contribution >= 0.6 is 0 Å². The summed E-state index contributed by atoms with van der Waals surface area (Å²) in [5.41, 5.74) is 3.36. The molecule has 0 aliphatic carbocycles. The predicted octanol–water partition coefficient (Wildman–Crippen LogP) is 1.74. The second-order valence-corrected chi connectivity index (χ2v) is 7.02. The van der Waals surface area contributed by atoms with E-state index in [-0.39, 0.29) is 18.6 Å². The Bertz CT molecular complexity index is 819. The Labute approximate surface area is 153 Å². The van der Waals surface area contributed by atoms with Crippen molar-refractivity contribution in [1.82, 2.24) is 0 Å². The first kappa shape index (κ1) is 16.9. The molecule has 0 saturated carbocycles. The molecule has 2 heterocycles. The van der Waals surface area contributed by atoms with Crippen molar-refractivity contribution in [2.75, 3.05) is 27.5 Å². The van der Waals surface area contributed by atoms with Crippen LogP contribution in [0.2, 0.25) is 0 Å². The van der Waals surface area contributed by atoms with Crippen LogP contribution in [-0.4, -0.2) is 33.3 Å². The molecule has 136 valence electrons. The topological polar surface area (TPSA) is 49.2 Å². The average Bonchev–Trinajstić information content (AvgIpc) is 3.11. The molecule has 2 aliphatic heterocycles. The van der Waals surface area contributed by atoms with Crippen LogP contribution in [-0.2, 0) is 17.6 Å². The normalized spacial score (nSPS) is 20.5. The first-order valence-corrected chi connectivity index (χ1v) is 9.04. The molecule has 0 bridgehead atoms. The van der Waals surface area contributed by atoms with Crippen molar-refractivity contribution in [3.05, 3.63) is 53.1 Å². The highest BCUT2D eigenvalue weighted by Crippen LogP contribution is 2.47. The van der Waals surface area contributed by atoms with Crippen LogP contribution < -0.4 is 19.1 Å². The Morgan fingerprint density at radius 3 is 2.85 bits per heavy atom. The van der Waals surface area contributed by atoms with E-state index in [1.807, 2.05) is 30.3 Å². The molecule has 2 atom stereocenters. The molecule has 4 rings (SSSR count). The molecule has 5 nitrogen and oxygen atoms in total. The van der Waals surface area contributed by atoms with Crippen LogP contribution in [0.4, 0.5) is 0 Å². The maximum atomic E-state index is 12.8.